The van der Waals surface area contributed by atoms with Gasteiger partial charge in [0, 0.05) is 47.8 Å². The van der Waals surface area contributed by atoms with E-state index in [4.69, 9.17) is 0 Å². The first kappa shape index (κ1) is 24.1. The van der Waals surface area contributed by atoms with E-state index >= 15 is 0 Å². The van der Waals surface area contributed by atoms with E-state index < -0.39 is 5.41 Å². The number of anilines is 2. The molecular formula is C26H35N7O2. The number of H-pyrrole nitrogens is 1. The van der Waals surface area contributed by atoms with Crippen LogP contribution in [0.25, 0.3) is 11.2 Å². The summed E-state index contributed by atoms with van der Waals surface area (Å²) in [6, 6.07) is 9.70. The Morgan fingerprint density at radius 1 is 1.23 bits per heavy atom. The van der Waals surface area contributed by atoms with Crippen LogP contribution in [0.4, 0.5) is 11.5 Å². The van der Waals surface area contributed by atoms with E-state index in [1.165, 1.54) is 0 Å². The van der Waals surface area contributed by atoms with Crippen LogP contribution in [0.15, 0.2) is 48.3 Å². The number of Topliss-reactive ketones (excluding diaryl/α,β-unsaturated/α-hetero) is 1. The summed E-state index contributed by atoms with van der Waals surface area (Å²) in [5.41, 5.74) is 3.05. The van der Waals surface area contributed by atoms with Gasteiger partial charge in [0.2, 0.25) is 0 Å². The molecule has 0 aliphatic carbocycles. The van der Waals surface area contributed by atoms with Crippen molar-refractivity contribution in [1.82, 2.24) is 25.2 Å². The van der Waals surface area contributed by atoms with Crippen molar-refractivity contribution in [2.75, 3.05) is 31.5 Å². The second-order valence-corrected chi connectivity index (χ2v) is 9.53. The van der Waals surface area contributed by atoms with Crippen LogP contribution in [0.2, 0.25) is 0 Å². The molecule has 186 valence electrons. The first-order chi connectivity index (χ1) is 16.8. The van der Waals surface area contributed by atoms with E-state index in [2.05, 4.69) is 25.6 Å². The van der Waals surface area contributed by atoms with Gasteiger partial charge in [-0.25, -0.2) is 9.97 Å². The Bertz CT molecular complexity index is 1320. The molecule has 35 heavy (non-hydrogen) atoms. The molecule has 0 atom stereocenters. The number of aromatic amines is 1. The van der Waals surface area contributed by atoms with Crippen molar-refractivity contribution in [3.63, 3.8) is 0 Å². The van der Waals surface area contributed by atoms with Gasteiger partial charge >= 0.3 is 0 Å². The molecule has 2 aromatic heterocycles. The maximum Gasteiger partial charge on any atom is 0.264 e. The molecule has 3 heterocycles. The minimum absolute atomic E-state index is 0. The number of piperazine rings is 1. The van der Waals surface area contributed by atoms with Crippen LogP contribution < -0.4 is 10.6 Å². The fourth-order valence-electron chi connectivity index (χ4n) is 3.84. The summed E-state index contributed by atoms with van der Waals surface area (Å²) in [5, 5.41) is 15.9. The number of nitrogens with one attached hydrogen (secondary N) is 3. The van der Waals surface area contributed by atoms with E-state index in [0.29, 0.717) is 42.1 Å². The molecule has 9 nitrogen and oxygen atoms in total. The summed E-state index contributed by atoms with van der Waals surface area (Å²) in [6.45, 7) is 8.34. The summed E-state index contributed by atoms with van der Waals surface area (Å²) in [7, 11) is 0. The molecule has 9 heteroatoms. The second kappa shape index (κ2) is 10.1. The highest BCUT2D eigenvalue weighted by Crippen LogP contribution is 2.26. The minimum Gasteiger partial charge on any atom is -0.344 e. The van der Waals surface area contributed by atoms with Crippen LogP contribution in [0.3, 0.4) is 0 Å². The van der Waals surface area contributed by atoms with Gasteiger partial charge in [-0.1, -0.05) is 39.0 Å². The normalized spacial score (nSPS) is 14.6. The molecule has 0 unspecified atom stereocenters. The Labute approximate surface area is 208 Å². The molecule has 1 aliphatic heterocycles. The molecule has 1 aromatic carbocycles. The number of hydrogen-bond donors (Lipinski definition) is 3. The molecule has 1 amide bonds. The molecule has 0 bridgehead atoms. The Hall–Kier alpha value is -4.03. The number of nitrogens with zero attached hydrogens (tertiary/aromatic N) is 4. The highest BCUT2D eigenvalue weighted by atomic mass is 16.2. The molecule has 0 radical (unpaired) electrons. The molecule has 1 saturated heterocycles. The Morgan fingerprint density at radius 2 is 1.94 bits per heavy atom. The van der Waals surface area contributed by atoms with Gasteiger partial charge in [-0.05, 0) is 24.1 Å². The van der Waals surface area contributed by atoms with E-state index in [1.54, 1.807) is 23.4 Å². The van der Waals surface area contributed by atoms with Gasteiger partial charge in [-0.2, -0.15) is 5.26 Å². The minimum atomic E-state index is -0.522. The largest absolute Gasteiger partial charge is 0.344 e. The molecule has 3 aromatic rings. The number of benzene rings is 1. The average Bonchev–Trinajstić information content (AvgIpc) is 3.28. The molecule has 1 fully saturated rings. The quantitative estimate of drug-likeness (QED) is 0.277. The van der Waals surface area contributed by atoms with Crippen LogP contribution in [0.1, 0.15) is 41.0 Å². The maximum absolute atomic E-state index is 12.8. The van der Waals surface area contributed by atoms with Crippen molar-refractivity contribution in [3.05, 3.63) is 59.4 Å². The first-order valence-electron chi connectivity index (χ1n) is 11.6. The molecule has 3 N–H and O–H groups in total. The number of carbonyl (C=O) groups excluding carboxylic acids is 2. The van der Waals surface area contributed by atoms with Crippen molar-refractivity contribution < 1.29 is 13.9 Å². The maximum atomic E-state index is 12.8. The summed E-state index contributed by atoms with van der Waals surface area (Å²) >= 11 is 0. The molecule has 1 aliphatic rings. The van der Waals surface area contributed by atoms with Crippen LogP contribution in [0, 0.1) is 16.7 Å². The number of carbonyl (C=O) groups is 2. The van der Waals surface area contributed by atoms with Crippen molar-refractivity contribution >= 4 is 34.4 Å². The van der Waals surface area contributed by atoms with Crippen molar-refractivity contribution in [2.45, 2.75) is 27.2 Å². The zero-order chi connectivity index (χ0) is 25.0. The third-order valence-corrected chi connectivity index (χ3v) is 5.83. The number of fused-ring (bicyclic) bond motifs is 1. The Balaban J connectivity index is 0.00000241. The predicted molar refractivity (Wildman–Crippen MR) is 141 cm³/mol. The third kappa shape index (κ3) is 5.55. The molecular weight excluding hydrogens is 442 g/mol. The van der Waals surface area contributed by atoms with E-state index in [-0.39, 0.29) is 21.5 Å². The SMILES string of the molecule is CC(C)(C)C(=O)c1c[nH]c2ncc(Nc3ccc(C/C=C(\C#N)C(=O)N4CCNCC4)cc3)nc12.[HH].[HH].[HH]. The van der Waals surface area contributed by atoms with Gasteiger partial charge in [-0.15, -0.1) is 0 Å². The fraction of sp³-hybridized carbons (Fsp3) is 0.346. The number of aromatic nitrogens is 3. The summed E-state index contributed by atoms with van der Waals surface area (Å²) < 4.78 is 0. The lowest BCUT2D eigenvalue weighted by Gasteiger charge is -2.27. The lowest BCUT2D eigenvalue weighted by atomic mass is 9.87. The number of allylic oxidation sites excluding steroid dienone is 1. The van der Waals surface area contributed by atoms with Crippen LogP contribution >= 0.6 is 0 Å². The lowest BCUT2D eigenvalue weighted by molar-refractivity contribution is -0.127. The van der Waals surface area contributed by atoms with E-state index in [9.17, 15) is 14.9 Å². The van der Waals surface area contributed by atoms with Crippen LogP contribution in [-0.4, -0.2) is 57.7 Å². The van der Waals surface area contributed by atoms with E-state index in [1.807, 2.05) is 51.1 Å². The number of hydrogen-bond acceptors (Lipinski definition) is 7. The third-order valence-electron chi connectivity index (χ3n) is 5.83. The lowest BCUT2D eigenvalue weighted by Crippen LogP contribution is -2.46. The Morgan fingerprint density at radius 3 is 2.60 bits per heavy atom. The molecule has 0 spiro atoms. The van der Waals surface area contributed by atoms with Crippen LogP contribution in [-0.2, 0) is 11.2 Å². The van der Waals surface area contributed by atoms with Gasteiger partial charge in [0.15, 0.2) is 11.4 Å². The van der Waals surface area contributed by atoms with Gasteiger partial charge in [0.25, 0.3) is 5.91 Å². The Kier molecular flexibility index (Phi) is 6.94. The molecule has 0 saturated carbocycles. The van der Waals surface area contributed by atoms with Crippen molar-refractivity contribution in [2.24, 2.45) is 5.41 Å². The molecule has 4 rings (SSSR count). The highest BCUT2D eigenvalue weighted by molar-refractivity contribution is 6.08. The van der Waals surface area contributed by atoms with Gasteiger partial charge in [0.1, 0.15) is 23.0 Å². The highest BCUT2D eigenvalue weighted by Gasteiger charge is 2.26. The summed E-state index contributed by atoms with van der Waals surface area (Å²) in [5.74, 6) is 0.316. The number of amides is 1. The van der Waals surface area contributed by atoms with Gasteiger partial charge in [-0.3, -0.25) is 9.59 Å². The number of rotatable bonds is 6. The zero-order valence-corrected chi connectivity index (χ0v) is 20.2. The van der Waals surface area contributed by atoms with Gasteiger partial charge < -0.3 is 20.5 Å². The van der Waals surface area contributed by atoms with Crippen molar-refractivity contribution in [1.29, 1.82) is 5.26 Å². The topological polar surface area (TPSA) is 127 Å². The van der Waals surface area contributed by atoms with Gasteiger partial charge in [0.05, 0.1) is 11.8 Å². The summed E-state index contributed by atoms with van der Waals surface area (Å²) in [4.78, 5) is 39.0. The first-order valence-corrected chi connectivity index (χ1v) is 11.6. The predicted octanol–water partition coefficient (Wildman–Crippen LogP) is 4.09. The van der Waals surface area contributed by atoms with Crippen molar-refractivity contribution in [3.8, 4) is 6.07 Å². The zero-order valence-electron chi connectivity index (χ0n) is 20.2. The monoisotopic (exact) mass is 477 g/mol. The average molecular weight is 478 g/mol. The number of ketones is 1. The van der Waals surface area contributed by atoms with E-state index in [0.717, 1.165) is 24.3 Å². The smallest absolute Gasteiger partial charge is 0.264 e. The standard InChI is InChI=1S/C26H29N7O2.3H2/c1-26(2,3)23(34)20-15-29-24-22(20)32-21(16-30-24)31-19-8-5-17(6-9-19)4-7-18(14-27)25(35)33-12-10-28-11-13-33;;;/h5-9,15-16,28H,4,10-13H2,1-3H3,(H,29,30)(H,31,32);3*1H/b18-7+;;;. The van der Waals surface area contributed by atoms with Crippen LogP contribution in [0.5, 0.6) is 0 Å². The number of nitriles is 1. The summed E-state index contributed by atoms with van der Waals surface area (Å²) in [6.07, 6.45) is 5.44. The fourth-order valence-corrected chi connectivity index (χ4v) is 3.84. The second-order valence-electron chi connectivity index (χ2n) is 9.53.